The summed E-state index contributed by atoms with van der Waals surface area (Å²) in [6.07, 6.45) is 2.72. The van der Waals surface area contributed by atoms with Crippen molar-refractivity contribution in [3.05, 3.63) is 0 Å². The van der Waals surface area contributed by atoms with Crippen molar-refractivity contribution < 1.29 is 0 Å². The van der Waals surface area contributed by atoms with Gasteiger partial charge < -0.3 is 0 Å². The Hall–Kier alpha value is 0.270. The Morgan fingerprint density at radius 3 is 2.80 bits per heavy atom. The lowest BCUT2D eigenvalue weighted by Crippen LogP contribution is -2.31. The molecule has 2 aliphatic heterocycles. The van der Waals surface area contributed by atoms with Gasteiger partial charge in [-0.2, -0.15) is 11.8 Å². The molecule has 0 aliphatic carbocycles. The van der Waals surface area contributed by atoms with Gasteiger partial charge in [-0.05, 0) is 24.0 Å². The summed E-state index contributed by atoms with van der Waals surface area (Å²) in [5.41, 5.74) is 0.624. The zero-order valence-electron chi connectivity index (χ0n) is 6.18. The van der Waals surface area contributed by atoms with E-state index < -0.39 is 0 Å². The van der Waals surface area contributed by atoms with E-state index in [0.29, 0.717) is 5.41 Å². The van der Waals surface area contributed by atoms with Crippen molar-refractivity contribution in [1.82, 2.24) is 5.01 Å². The van der Waals surface area contributed by atoms with Crippen LogP contribution in [0.15, 0.2) is 0 Å². The summed E-state index contributed by atoms with van der Waals surface area (Å²) in [7, 11) is 0. The lowest BCUT2D eigenvalue weighted by Gasteiger charge is -2.20. The van der Waals surface area contributed by atoms with E-state index in [9.17, 15) is 0 Å². The van der Waals surface area contributed by atoms with Crippen molar-refractivity contribution >= 4 is 11.8 Å². The topological polar surface area (TPSA) is 29.3 Å². The van der Waals surface area contributed by atoms with E-state index in [4.69, 9.17) is 5.84 Å². The van der Waals surface area contributed by atoms with Crippen LogP contribution in [0.4, 0.5) is 0 Å². The van der Waals surface area contributed by atoms with Gasteiger partial charge in [-0.3, -0.25) is 5.84 Å². The molecule has 0 radical (unpaired) electrons. The predicted octanol–water partition coefficient (Wildman–Crippen LogP) is 0.689. The number of nitrogens with two attached hydrogens (primary N) is 1. The van der Waals surface area contributed by atoms with Gasteiger partial charge in [0, 0.05) is 18.8 Å². The van der Waals surface area contributed by atoms with Gasteiger partial charge in [0.2, 0.25) is 0 Å². The van der Waals surface area contributed by atoms with Crippen molar-refractivity contribution in [2.45, 2.75) is 12.8 Å². The number of thioether (sulfide) groups is 1. The molecule has 2 nitrogen and oxygen atoms in total. The second-order valence-corrected chi connectivity index (χ2v) is 4.63. The zero-order chi connectivity index (χ0) is 7.03. The summed E-state index contributed by atoms with van der Waals surface area (Å²) in [5.74, 6) is 8.42. The summed E-state index contributed by atoms with van der Waals surface area (Å²) < 4.78 is 0. The van der Waals surface area contributed by atoms with E-state index in [1.165, 1.54) is 24.3 Å². The molecular weight excluding hydrogens is 144 g/mol. The molecule has 0 saturated carbocycles. The average molecular weight is 158 g/mol. The Morgan fingerprint density at radius 2 is 2.30 bits per heavy atom. The molecular formula is C7H14N2S. The molecule has 1 atom stereocenters. The highest BCUT2D eigenvalue weighted by Gasteiger charge is 2.39. The van der Waals surface area contributed by atoms with Gasteiger partial charge in [-0.1, -0.05) is 0 Å². The maximum Gasteiger partial charge on any atom is 0.0193 e. The van der Waals surface area contributed by atoms with Crippen LogP contribution in [-0.4, -0.2) is 29.6 Å². The first kappa shape index (κ1) is 6.95. The summed E-state index contributed by atoms with van der Waals surface area (Å²) in [6.45, 7) is 2.25. The molecule has 2 fully saturated rings. The van der Waals surface area contributed by atoms with Crippen molar-refractivity contribution in [3.63, 3.8) is 0 Å². The van der Waals surface area contributed by atoms with Crippen LogP contribution in [0.25, 0.3) is 0 Å². The number of hydrogen-bond donors (Lipinski definition) is 1. The molecule has 2 heterocycles. The maximum absolute atomic E-state index is 5.71. The van der Waals surface area contributed by atoms with Crippen molar-refractivity contribution in [2.24, 2.45) is 11.3 Å². The lowest BCUT2D eigenvalue weighted by molar-refractivity contribution is 0.287. The van der Waals surface area contributed by atoms with Crippen LogP contribution in [0.1, 0.15) is 12.8 Å². The Balaban J connectivity index is 2.03. The molecule has 1 unspecified atom stereocenters. The van der Waals surface area contributed by atoms with Crippen LogP contribution in [-0.2, 0) is 0 Å². The average Bonchev–Trinajstić information content (AvgIpc) is 2.46. The molecule has 0 aromatic rings. The summed E-state index contributed by atoms with van der Waals surface area (Å²) in [5, 5.41) is 1.98. The van der Waals surface area contributed by atoms with Crippen molar-refractivity contribution in [2.75, 3.05) is 24.6 Å². The molecule has 0 bridgehead atoms. The van der Waals surface area contributed by atoms with Crippen LogP contribution >= 0.6 is 11.8 Å². The molecule has 2 saturated heterocycles. The first-order valence-corrected chi connectivity index (χ1v) is 5.04. The van der Waals surface area contributed by atoms with Gasteiger partial charge in [0.25, 0.3) is 0 Å². The standard InChI is InChI=1S/C7H14N2S/c8-9-3-1-7(5-9)2-4-10-6-7/h1-6,8H2. The van der Waals surface area contributed by atoms with Gasteiger partial charge in [-0.15, -0.1) is 0 Å². The molecule has 1 spiro atoms. The Labute approximate surface area is 66.1 Å². The smallest absolute Gasteiger partial charge is 0.0193 e. The molecule has 10 heavy (non-hydrogen) atoms. The molecule has 0 aromatic heterocycles. The zero-order valence-corrected chi connectivity index (χ0v) is 6.99. The molecule has 0 amide bonds. The highest BCUT2D eigenvalue weighted by molar-refractivity contribution is 7.99. The predicted molar refractivity (Wildman–Crippen MR) is 44.8 cm³/mol. The minimum Gasteiger partial charge on any atom is -0.269 e. The number of hydrazine groups is 1. The summed E-state index contributed by atoms with van der Waals surface area (Å²) in [6, 6.07) is 0. The fourth-order valence-corrected chi connectivity index (χ4v) is 3.48. The summed E-state index contributed by atoms with van der Waals surface area (Å²) in [4.78, 5) is 0. The fourth-order valence-electron chi connectivity index (χ4n) is 1.94. The molecule has 3 heteroatoms. The maximum atomic E-state index is 5.71. The van der Waals surface area contributed by atoms with Gasteiger partial charge in [0.1, 0.15) is 0 Å². The second kappa shape index (κ2) is 2.40. The number of nitrogens with zero attached hydrogens (tertiary/aromatic N) is 1. The van der Waals surface area contributed by atoms with Crippen molar-refractivity contribution in [1.29, 1.82) is 0 Å². The third-order valence-electron chi connectivity index (χ3n) is 2.65. The van der Waals surface area contributed by atoms with E-state index >= 15 is 0 Å². The SMILES string of the molecule is NN1CCC2(CCSC2)C1. The number of rotatable bonds is 0. The van der Waals surface area contributed by atoms with E-state index in [-0.39, 0.29) is 0 Å². The molecule has 2 aliphatic rings. The molecule has 2 N–H and O–H groups in total. The largest absolute Gasteiger partial charge is 0.269 e. The monoisotopic (exact) mass is 158 g/mol. The van der Waals surface area contributed by atoms with Crippen LogP contribution in [0.3, 0.4) is 0 Å². The third kappa shape index (κ3) is 1.06. The Kier molecular flexibility index (Phi) is 1.66. The van der Waals surface area contributed by atoms with Crippen molar-refractivity contribution in [3.8, 4) is 0 Å². The van der Waals surface area contributed by atoms with Gasteiger partial charge in [0.15, 0.2) is 0 Å². The van der Waals surface area contributed by atoms with Gasteiger partial charge in [0.05, 0.1) is 0 Å². The molecule has 58 valence electrons. The third-order valence-corrected chi connectivity index (χ3v) is 3.96. The molecule has 2 rings (SSSR count). The van der Waals surface area contributed by atoms with Gasteiger partial charge in [-0.25, -0.2) is 5.01 Å². The van der Waals surface area contributed by atoms with E-state index in [0.717, 1.165) is 13.1 Å². The number of hydrogen-bond acceptors (Lipinski definition) is 3. The normalized spacial score (nSPS) is 41.7. The molecule has 0 aromatic carbocycles. The lowest BCUT2D eigenvalue weighted by atomic mass is 9.87. The quantitative estimate of drug-likeness (QED) is 0.526. The minimum absolute atomic E-state index is 0.624. The first-order valence-electron chi connectivity index (χ1n) is 3.88. The minimum atomic E-state index is 0.624. The van der Waals surface area contributed by atoms with Crippen LogP contribution in [0, 0.1) is 5.41 Å². The van der Waals surface area contributed by atoms with E-state index in [1.54, 1.807) is 0 Å². The van der Waals surface area contributed by atoms with Crippen LogP contribution in [0.5, 0.6) is 0 Å². The highest BCUT2D eigenvalue weighted by atomic mass is 32.2. The summed E-state index contributed by atoms with van der Waals surface area (Å²) >= 11 is 2.09. The second-order valence-electron chi connectivity index (χ2n) is 3.52. The Bertz CT molecular complexity index is 132. The first-order chi connectivity index (χ1) is 4.81. The van der Waals surface area contributed by atoms with E-state index in [1.807, 2.05) is 5.01 Å². The van der Waals surface area contributed by atoms with Gasteiger partial charge >= 0.3 is 0 Å². The fraction of sp³-hybridized carbons (Fsp3) is 1.00. The highest BCUT2D eigenvalue weighted by Crippen LogP contribution is 2.42. The van der Waals surface area contributed by atoms with Crippen LogP contribution in [0.2, 0.25) is 0 Å². The van der Waals surface area contributed by atoms with Crippen LogP contribution < -0.4 is 5.84 Å². The van der Waals surface area contributed by atoms with E-state index in [2.05, 4.69) is 11.8 Å². The Morgan fingerprint density at radius 1 is 1.40 bits per heavy atom.